The van der Waals surface area contributed by atoms with E-state index in [1.165, 1.54) is 9.80 Å². The Labute approximate surface area is 150 Å². The molecule has 0 radical (unpaired) electrons. The highest BCUT2D eigenvalue weighted by molar-refractivity contribution is 6.02. The third-order valence-corrected chi connectivity index (χ3v) is 4.65. The van der Waals surface area contributed by atoms with E-state index in [1.807, 2.05) is 0 Å². The molecule has 2 aliphatic heterocycles. The van der Waals surface area contributed by atoms with Crippen molar-refractivity contribution >= 4 is 23.2 Å². The zero-order valence-corrected chi connectivity index (χ0v) is 13.9. The predicted molar refractivity (Wildman–Crippen MR) is 93.2 cm³/mol. The maximum absolute atomic E-state index is 12.6. The molecule has 2 aliphatic rings. The second-order valence-electron chi connectivity index (χ2n) is 6.25. The minimum absolute atomic E-state index is 0.0251. The number of amides is 2. The summed E-state index contributed by atoms with van der Waals surface area (Å²) in [5.41, 5.74) is 1.78. The maximum Gasteiger partial charge on any atom is 0.257 e. The topological polar surface area (TPSA) is 87.6 Å². The van der Waals surface area contributed by atoms with Crippen LogP contribution in [0.15, 0.2) is 48.5 Å². The van der Waals surface area contributed by atoms with E-state index in [-0.39, 0.29) is 38.2 Å². The Balaban J connectivity index is 1.49. The smallest absolute Gasteiger partial charge is 0.257 e. The van der Waals surface area contributed by atoms with Gasteiger partial charge in [0.25, 0.3) is 11.8 Å². The first-order valence-electron chi connectivity index (χ1n) is 8.25. The molecule has 0 aliphatic carbocycles. The number of para-hydroxylation sites is 2. The first kappa shape index (κ1) is 16.4. The van der Waals surface area contributed by atoms with E-state index < -0.39 is 0 Å². The van der Waals surface area contributed by atoms with Crippen LogP contribution in [0.25, 0.3) is 0 Å². The normalized spacial score (nSPS) is 16.7. The van der Waals surface area contributed by atoms with Gasteiger partial charge in [0.2, 0.25) is 0 Å². The van der Waals surface area contributed by atoms with Gasteiger partial charge in [0.1, 0.15) is 13.3 Å². The van der Waals surface area contributed by atoms with Crippen LogP contribution in [-0.4, -0.2) is 58.5 Å². The first-order chi connectivity index (χ1) is 12.6. The van der Waals surface area contributed by atoms with Gasteiger partial charge in [-0.15, -0.1) is 0 Å². The van der Waals surface area contributed by atoms with Crippen molar-refractivity contribution in [3.63, 3.8) is 0 Å². The molecule has 8 heteroatoms. The van der Waals surface area contributed by atoms with Crippen molar-refractivity contribution in [2.45, 2.75) is 0 Å². The number of rotatable bonds is 3. The van der Waals surface area contributed by atoms with Crippen molar-refractivity contribution in [3.8, 4) is 0 Å². The van der Waals surface area contributed by atoms with Crippen molar-refractivity contribution < 1.29 is 20.0 Å². The van der Waals surface area contributed by atoms with Gasteiger partial charge in [-0.05, 0) is 24.3 Å². The molecule has 134 valence electrons. The van der Waals surface area contributed by atoms with Crippen molar-refractivity contribution in [1.29, 1.82) is 0 Å². The largest absolute Gasteiger partial charge is 0.317 e. The monoisotopic (exact) mass is 354 g/mol. The van der Waals surface area contributed by atoms with Gasteiger partial charge in [-0.25, -0.2) is 10.1 Å². The zero-order valence-electron chi connectivity index (χ0n) is 13.9. The Morgan fingerprint density at radius 3 is 1.50 bits per heavy atom. The molecular weight excluding hydrogens is 336 g/mol. The third-order valence-electron chi connectivity index (χ3n) is 4.65. The Hall–Kier alpha value is -3.10. The molecule has 0 unspecified atom stereocenters. The molecule has 2 aromatic carbocycles. The van der Waals surface area contributed by atoms with E-state index >= 15 is 0 Å². The van der Waals surface area contributed by atoms with E-state index in [0.29, 0.717) is 22.5 Å². The highest BCUT2D eigenvalue weighted by Gasteiger charge is 2.31. The summed E-state index contributed by atoms with van der Waals surface area (Å²) in [5, 5.41) is 22.3. The average molecular weight is 354 g/mol. The summed E-state index contributed by atoms with van der Waals surface area (Å²) in [6.45, 7) is 0.534. The summed E-state index contributed by atoms with van der Waals surface area (Å²) >= 11 is 0. The van der Waals surface area contributed by atoms with Crippen molar-refractivity contribution in [3.05, 3.63) is 59.7 Å². The molecule has 4 rings (SSSR count). The Morgan fingerprint density at radius 1 is 0.692 bits per heavy atom. The molecule has 2 heterocycles. The fourth-order valence-corrected chi connectivity index (χ4v) is 3.29. The fourth-order valence-electron chi connectivity index (χ4n) is 3.29. The van der Waals surface area contributed by atoms with Gasteiger partial charge in [0.15, 0.2) is 0 Å². The maximum atomic E-state index is 12.6. The number of benzene rings is 2. The lowest BCUT2D eigenvalue weighted by molar-refractivity contribution is 0.0546. The molecule has 0 fully saturated rings. The molecular formula is C18H18N4O4. The van der Waals surface area contributed by atoms with E-state index in [4.69, 9.17) is 0 Å². The van der Waals surface area contributed by atoms with Crippen LogP contribution in [0.2, 0.25) is 0 Å². The van der Waals surface area contributed by atoms with Crippen LogP contribution < -0.4 is 10.1 Å². The molecule has 0 saturated carbocycles. The summed E-state index contributed by atoms with van der Waals surface area (Å²) in [6, 6.07) is 13.7. The number of hydroxylamine groups is 2. The lowest BCUT2D eigenvalue weighted by Crippen LogP contribution is -2.51. The number of carbonyl (C=O) groups excluding carboxylic acids is 2. The molecule has 26 heavy (non-hydrogen) atoms. The lowest BCUT2D eigenvalue weighted by Gasteiger charge is -2.37. The number of carbonyl (C=O) groups is 2. The van der Waals surface area contributed by atoms with Gasteiger partial charge in [-0.1, -0.05) is 24.3 Å². The Kier molecular flexibility index (Phi) is 3.98. The van der Waals surface area contributed by atoms with Crippen molar-refractivity contribution in [2.75, 3.05) is 36.6 Å². The number of hydrogen-bond donors (Lipinski definition) is 2. The van der Waals surface area contributed by atoms with Crippen LogP contribution in [0.4, 0.5) is 11.4 Å². The number of anilines is 2. The van der Waals surface area contributed by atoms with E-state index in [9.17, 15) is 20.0 Å². The minimum Gasteiger partial charge on any atom is -0.317 e. The molecule has 0 aromatic heterocycles. The van der Waals surface area contributed by atoms with E-state index in [0.717, 1.165) is 10.1 Å². The van der Waals surface area contributed by atoms with Gasteiger partial charge in [0.05, 0.1) is 22.5 Å². The lowest BCUT2D eigenvalue weighted by atomic mass is 10.1. The minimum atomic E-state index is -0.198. The SMILES string of the molecule is O=C1c2ccccc2N(O)CN1CCN1CN(O)c2ccccc2C1=O. The molecule has 0 saturated heterocycles. The van der Waals surface area contributed by atoms with Gasteiger partial charge in [-0.3, -0.25) is 20.0 Å². The summed E-state index contributed by atoms with van der Waals surface area (Å²) in [7, 11) is 0. The van der Waals surface area contributed by atoms with E-state index in [2.05, 4.69) is 0 Å². The molecule has 0 atom stereocenters. The standard InChI is InChI=1S/C18H18N4O4/c23-17-13-5-1-3-7-15(13)21(25)11-19(17)9-10-20-12-22(26)16-8-4-2-6-14(16)18(20)24/h1-8,25-26H,9-12H2. The van der Waals surface area contributed by atoms with Crippen LogP contribution in [0, 0.1) is 0 Å². The molecule has 2 amide bonds. The van der Waals surface area contributed by atoms with Crippen LogP contribution in [0.3, 0.4) is 0 Å². The molecule has 0 bridgehead atoms. The summed E-state index contributed by atoms with van der Waals surface area (Å²) in [6.07, 6.45) is 0. The average Bonchev–Trinajstić information content (AvgIpc) is 2.67. The Bertz CT molecular complexity index is 800. The fraction of sp³-hybridized carbons (Fsp3) is 0.222. The first-order valence-corrected chi connectivity index (χ1v) is 8.25. The van der Waals surface area contributed by atoms with Crippen LogP contribution in [0.5, 0.6) is 0 Å². The highest BCUT2D eigenvalue weighted by atomic mass is 16.5. The third kappa shape index (κ3) is 2.65. The van der Waals surface area contributed by atoms with Gasteiger partial charge < -0.3 is 9.80 Å². The van der Waals surface area contributed by atoms with Crippen LogP contribution in [0.1, 0.15) is 20.7 Å². The predicted octanol–water partition coefficient (Wildman–Crippen LogP) is 1.60. The second kappa shape index (κ2) is 6.32. The molecule has 0 spiro atoms. The quantitative estimate of drug-likeness (QED) is 0.871. The second-order valence-corrected chi connectivity index (χ2v) is 6.25. The van der Waals surface area contributed by atoms with Crippen LogP contribution in [-0.2, 0) is 0 Å². The highest BCUT2D eigenvalue weighted by Crippen LogP contribution is 2.27. The van der Waals surface area contributed by atoms with Gasteiger partial charge in [0, 0.05) is 13.1 Å². The van der Waals surface area contributed by atoms with Crippen LogP contribution >= 0.6 is 0 Å². The zero-order chi connectivity index (χ0) is 18.3. The molecule has 8 nitrogen and oxygen atoms in total. The summed E-state index contributed by atoms with van der Waals surface area (Å²) in [4.78, 5) is 28.1. The van der Waals surface area contributed by atoms with Gasteiger partial charge >= 0.3 is 0 Å². The van der Waals surface area contributed by atoms with Gasteiger partial charge in [-0.2, -0.15) is 0 Å². The van der Waals surface area contributed by atoms with Crippen molar-refractivity contribution in [2.24, 2.45) is 0 Å². The number of hydrogen-bond acceptors (Lipinski definition) is 6. The Morgan fingerprint density at radius 2 is 1.08 bits per heavy atom. The summed E-state index contributed by atoms with van der Waals surface area (Å²) in [5.74, 6) is -0.395. The molecule has 2 aromatic rings. The van der Waals surface area contributed by atoms with Crippen molar-refractivity contribution in [1.82, 2.24) is 9.80 Å². The number of nitrogens with zero attached hydrogens (tertiary/aromatic N) is 4. The summed E-state index contributed by atoms with van der Waals surface area (Å²) < 4.78 is 0. The molecule has 2 N–H and O–H groups in total. The van der Waals surface area contributed by atoms with E-state index in [1.54, 1.807) is 48.5 Å². The number of fused-ring (bicyclic) bond motifs is 2.